The molecular formula is C18H22F3N3O. The van der Waals surface area contributed by atoms with E-state index in [0.29, 0.717) is 17.2 Å². The highest BCUT2D eigenvalue weighted by atomic mass is 19.3. The van der Waals surface area contributed by atoms with Crippen molar-refractivity contribution in [2.45, 2.75) is 39.5 Å². The van der Waals surface area contributed by atoms with E-state index in [4.69, 9.17) is 0 Å². The Morgan fingerprint density at radius 1 is 1.28 bits per heavy atom. The number of anilines is 1. The monoisotopic (exact) mass is 353 g/mol. The van der Waals surface area contributed by atoms with Gasteiger partial charge in [0.1, 0.15) is 11.5 Å². The summed E-state index contributed by atoms with van der Waals surface area (Å²) in [7, 11) is 1.47. The molecule has 1 aromatic carbocycles. The van der Waals surface area contributed by atoms with E-state index in [1.807, 2.05) is 6.92 Å². The van der Waals surface area contributed by atoms with Crippen molar-refractivity contribution in [2.24, 2.45) is 13.0 Å². The standard InChI is InChI=1S/C18H22F3N3O/c1-10(2)7-11(3)13-8-12(19)5-6-15(13)22-18(25)14-9-24(4)23-16(14)17(20)21/h5-6,8-11,17H,7H2,1-4H3,(H,22,25). The fraction of sp³-hybridized carbons (Fsp3) is 0.444. The molecule has 0 fully saturated rings. The molecule has 0 aliphatic carbocycles. The Morgan fingerprint density at radius 2 is 1.96 bits per heavy atom. The van der Waals surface area contributed by atoms with Crippen molar-refractivity contribution in [2.75, 3.05) is 5.32 Å². The largest absolute Gasteiger partial charge is 0.322 e. The maximum Gasteiger partial charge on any atom is 0.282 e. The number of carbonyl (C=O) groups is 1. The Morgan fingerprint density at radius 3 is 2.56 bits per heavy atom. The molecule has 1 heterocycles. The van der Waals surface area contributed by atoms with Crippen LogP contribution in [0.2, 0.25) is 0 Å². The Kier molecular flexibility index (Phi) is 5.87. The number of nitrogens with zero attached hydrogens (tertiary/aromatic N) is 2. The van der Waals surface area contributed by atoms with Crippen LogP contribution < -0.4 is 5.32 Å². The molecular weight excluding hydrogens is 331 g/mol. The number of alkyl halides is 2. The van der Waals surface area contributed by atoms with Crippen LogP contribution in [0.25, 0.3) is 0 Å². The van der Waals surface area contributed by atoms with Crippen LogP contribution in [0.1, 0.15) is 61.2 Å². The van der Waals surface area contributed by atoms with Gasteiger partial charge in [-0.15, -0.1) is 0 Å². The first-order valence-corrected chi connectivity index (χ1v) is 8.11. The summed E-state index contributed by atoms with van der Waals surface area (Å²) in [5.74, 6) is -0.689. The lowest BCUT2D eigenvalue weighted by atomic mass is 9.90. The number of nitrogens with one attached hydrogen (secondary N) is 1. The first kappa shape index (κ1) is 19.0. The minimum atomic E-state index is -2.85. The summed E-state index contributed by atoms with van der Waals surface area (Å²) in [5, 5.41) is 6.25. The zero-order valence-corrected chi connectivity index (χ0v) is 14.7. The molecule has 0 spiro atoms. The van der Waals surface area contributed by atoms with Gasteiger partial charge in [-0.3, -0.25) is 9.48 Å². The Labute approximate surface area is 145 Å². The molecule has 0 aliphatic heterocycles. The zero-order chi connectivity index (χ0) is 18.7. The Bertz CT molecular complexity index is 756. The molecule has 1 atom stereocenters. The summed E-state index contributed by atoms with van der Waals surface area (Å²) in [5.41, 5.74) is 0.302. The first-order chi connectivity index (χ1) is 11.7. The smallest absolute Gasteiger partial charge is 0.282 e. The summed E-state index contributed by atoms with van der Waals surface area (Å²) < 4.78 is 40.9. The van der Waals surface area contributed by atoms with Crippen molar-refractivity contribution in [1.29, 1.82) is 0 Å². The fourth-order valence-electron chi connectivity index (χ4n) is 2.92. The van der Waals surface area contributed by atoms with Gasteiger partial charge in [-0.1, -0.05) is 20.8 Å². The molecule has 0 radical (unpaired) electrons. The second kappa shape index (κ2) is 7.72. The molecule has 0 saturated heterocycles. The molecule has 7 heteroatoms. The van der Waals surface area contributed by atoms with Crippen molar-refractivity contribution in [3.05, 3.63) is 47.0 Å². The van der Waals surface area contributed by atoms with Crippen LogP contribution in [0.5, 0.6) is 0 Å². The van der Waals surface area contributed by atoms with Crippen molar-refractivity contribution in [3.8, 4) is 0 Å². The number of rotatable bonds is 6. The molecule has 1 amide bonds. The highest BCUT2D eigenvalue weighted by Gasteiger charge is 2.24. The van der Waals surface area contributed by atoms with E-state index in [0.717, 1.165) is 6.42 Å². The summed E-state index contributed by atoms with van der Waals surface area (Å²) in [4.78, 5) is 12.4. The highest BCUT2D eigenvalue weighted by Crippen LogP contribution is 2.31. The summed E-state index contributed by atoms with van der Waals surface area (Å²) in [6, 6.07) is 4.07. The third kappa shape index (κ3) is 4.61. The Balaban J connectivity index is 2.32. The van der Waals surface area contributed by atoms with E-state index in [9.17, 15) is 18.0 Å². The SMILES string of the molecule is CC(C)CC(C)c1cc(F)ccc1NC(=O)c1cn(C)nc1C(F)F. The molecule has 1 unspecified atom stereocenters. The van der Waals surface area contributed by atoms with Crippen LogP contribution >= 0.6 is 0 Å². The van der Waals surface area contributed by atoms with Crippen LogP contribution in [-0.4, -0.2) is 15.7 Å². The van der Waals surface area contributed by atoms with Gasteiger partial charge in [0.05, 0.1) is 5.56 Å². The summed E-state index contributed by atoms with van der Waals surface area (Å²) in [6.07, 6.45) is -0.798. The van der Waals surface area contributed by atoms with Crippen LogP contribution in [0.15, 0.2) is 24.4 Å². The van der Waals surface area contributed by atoms with Crippen LogP contribution in [-0.2, 0) is 7.05 Å². The van der Waals surface area contributed by atoms with E-state index in [2.05, 4.69) is 24.3 Å². The molecule has 0 bridgehead atoms. The van der Waals surface area contributed by atoms with Crippen molar-refractivity contribution in [1.82, 2.24) is 9.78 Å². The number of benzene rings is 1. The van der Waals surface area contributed by atoms with E-state index in [-0.39, 0.29) is 11.5 Å². The normalized spacial score (nSPS) is 12.7. The van der Waals surface area contributed by atoms with Crippen LogP contribution in [0.3, 0.4) is 0 Å². The van der Waals surface area contributed by atoms with E-state index >= 15 is 0 Å². The third-order valence-electron chi connectivity index (χ3n) is 3.93. The first-order valence-electron chi connectivity index (χ1n) is 8.11. The average molecular weight is 353 g/mol. The van der Waals surface area contributed by atoms with Crippen LogP contribution in [0.4, 0.5) is 18.9 Å². The third-order valence-corrected chi connectivity index (χ3v) is 3.93. The number of halogens is 3. The predicted octanol–water partition coefficient (Wildman–Crippen LogP) is 4.90. The molecule has 25 heavy (non-hydrogen) atoms. The van der Waals surface area contributed by atoms with Gasteiger partial charge in [0.25, 0.3) is 12.3 Å². The number of hydrogen-bond acceptors (Lipinski definition) is 2. The highest BCUT2D eigenvalue weighted by molar-refractivity contribution is 6.05. The number of carbonyl (C=O) groups excluding carboxylic acids is 1. The second-order valence-corrected chi connectivity index (χ2v) is 6.62. The van der Waals surface area contributed by atoms with Gasteiger partial charge in [0.2, 0.25) is 0 Å². The minimum Gasteiger partial charge on any atom is -0.322 e. The van der Waals surface area contributed by atoms with Crippen molar-refractivity contribution in [3.63, 3.8) is 0 Å². The molecule has 1 N–H and O–H groups in total. The predicted molar refractivity (Wildman–Crippen MR) is 90.4 cm³/mol. The maximum absolute atomic E-state index is 13.7. The van der Waals surface area contributed by atoms with Crippen LogP contribution in [0, 0.1) is 11.7 Å². The van der Waals surface area contributed by atoms with E-state index in [1.165, 1.54) is 36.1 Å². The number of aryl methyl sites for hydroxylation is 1. The fourth-order valence-corrected chi connectivity index (χ4v) is 2.92. The number of hydrogen-bond donors (Lipinski definition) is 1. The molecule has 0 saturated carbocycles. The lowest BCUT2D eigenvalue weighted by molar-refractivity contribution is 0.101. The van der Waals surface area contributed by atoms with Gasteiger partial charge in [-0.25, -0.2) is 13.2 Å². The minimum absolute atomic E-state index is 0.00877. The quantitative estimate of drug-likeness (QED) is 0.803. The van der Waals surface area contributed by atoms with E-state index in [1.54, 1.807) is 0 Å². The lowest BCUT2D eigenvalue weighted by Gasteiger charge is -2.19. The number of aromatic nitrogens is 2. The molecule has 4 nitrogen and oxygen atoms in total. The molecule has 0 aliphatic rings. The second-order valence-electron chi connectivity index (χ2n) is 6.62. The average Bonchev–Trinajstić information content (AvgIpc) is 2.90. The van der Waals surface area contributed by atoms with Gasteiger partial charge < -0.3 is 5.32 Å². The van der Waals surface area contributed by atoms with Gasteiger partial charge in [-0.2, -0.15) is 5.10 Å². The topological polar surface area (TPSA) is 46.9 Å². The van der Waals surface area contributed by atoms with Gasteiger partial charge in [-0.05, 0) is 42.0 Å². The lowest BCUT2D eigenvalue weighted by Crippen LogP contribution is -2.16. The van der Waals surface area contributed by atoms with E-state index < -0.39 is 23.8 Å². The van der Waals surface area contributed by atoms with Gasteiger partial charge >= 0.3 is 0 Å². The molecule has 1 aromatic heterocycles. The van der Waals surface area contributed by atoms with Gasteiger partial charge in [0.15, 0.2) is 0 Å². The molecule has 136 valence electrons. The van der Waals surface area contributed by atoms with Crippen molar-refractivity contribution < 1.29 is 18.0 Å². The van der Waals surface area contributed by atoms with Gasteiger partial charge in [0, 0.05) is 18.9 Å². The van der Waals surface area contributed by atoms with Crippen molar-refractivity contribution >= 4 is 11.6 Å². The molecule has 2 rings (SSSR count). The Hall–Kier alpha value is -2.31. The molecule has 2 aromatic rings. The summed E-state index contributed by atoms with van der Waals surface area (Å²) in [6.45, 7) is 6.05. The summed E-state index contributed by atoms with van der Waals surface area (Å²) >= 11 is 0. The maximum atomic E-state index is 13.7. The number of amides is 1. The zero-order valence-electron chi connectivity index (χ0n) is 14.7.